The van der Waals surface area contributed by atoms with E-state index in [-0.39, 0.29) is 17.5 Å². The molecule has 1 aromatic carbocycles. The number of nitrogens with one attached hydrogen (secondary N) is 1. The van der Waals surface area contributed by atoms with E-state index in [1.807, 2.05) is 30.3 Å². The molecular formula is C12H11NO4S2. The largest absolute Gasteiger partial charge is 0.453 e. The van der Waals surface area contributed by atoms with Crippen molar-refractivity contribution in [3.63, 3.8) is 0 Å². The van der Waals surface area contributed by atoms with Crippen molar-refractivity contribution in [3.8, 4) is 11.5 Å². The van der Waals surface area contributed by atoms with Gasteiger partial charge < -0.3 is 9.47 Å². The van der Waals surface area contributed by atoms with Crippen molar-refractivity contribution in [2.24, 2.45) is 0 Å². The first-order valence-corrected chi connectivity index (χ1v) is 7.94. The first-order chi connectivity index (χ1) is 9.17. The van der Waals surface area contributed by atoms with Crippen molar-refractivity contribution in [1.29, 1.82) is 0 Å². The van der Waals surface area contributed by atoms with Crippen LogP contribution in [-0.2, 0) is 16.6 Å². The summed E-state index contributed by atoms with van der Waals surface area (Å²) >= 11 is 1.09. The van der Waals surface area contributed by atoms with Crippen LogP contribution in [0.25, 0.3) is 0 Å². The lowest BCUT2D eigenvalue weighted by Gasteiger charge is -2.05. The zero-order valence-corrected chi connectivity index (χ0v) is 11.5. The van der Waals surface area contributed by atoms with Gasteiger partial charge in [-0.25, -0.2) is 13.1 Å². The van der Waals surface area contributed by atoms with Crippen molar-refractivity contribution in [1.82, 2.24) is 4.72 Å². The van der Waals surface area contributed by atoms with E-state index < -0.39 is 10.0 Å². The fourth-order valence-electron chi connectivity index (χ4n) is 1.72. The van der Waals surface area contributed by atoms with Gasteiger partial charge in [0.05, 0.1) is 0 Å². The van der Waals surface area contributed by atoms with Gasteiger partial charge in [0, 0.05) is 11.9 Å². The second kappa shape index (κ2) is 4.84. The number of ether oxygens (including phenoxy) is 2. The summed E-state index contributed by atoms with van der Waals surface area (Å²) < 4.78 is 37.4. The van der Waals surface area contributed by atoms with Crippen LogP contribution >= 0.6 is 11.3 Å². The molecule has 0 aliphatic carbocycles. The number of hydrogen-bond acceptors (Lipinski definition) is 5. The Kier molecular flexibility index (Phi) is 3.17. The monoisotopic (exact) mass is 297 g/mol. The normalized spacial score (nSPS) is 13.7. The summed E-state index contributed by atoms with van der Waals surface area (Å²) in [7, 11) is -3.58. The molecule has 2 aromatic rings. The highest BCUT2D eigenvalue weighted by Crippen LogP contribution is 2.43. The fraction of sp³-hybridized carbons (Fsp3) is 0.167. The van der Waals surface area contributed by atoms with Crippen LogP contribution in [0.4, 0.5) is 0 Å². The third kappa shape index (κ3) is 2.44. The lowest BCUT2D eigenvalue weighted by molar-refractivity contribution is 0.172. The topological polar surface area (TPSA) is 64.6 Å². The van der Waals surface area contributed by atoms with Crippen LogP contribution in [0.3, 0.4) is 0 Å². The Balaban J connectivity index is 1.79. The second-order valence-electron chi connectivity index (χ2n) is 3.93. The summed E-state index contributed by atoms with van der Waals surface area (Å²) in [6.07, 6.45) is 0. The highest BCUT2D eigenvalue weighted by molar-refractivity contribution is 7.91. The predicted molar refractivity (Wildman–Crippen MR) is 70.9 cm³/mol. The first kappa shape index (κ1) is 12.5. The summed E-state index contributed by atoms with van der Waals surface area (Å²) in [6, 6.07) is 9.34. The Morgan fingerprint density at radius 2 is 2.00 bits per heavy atom. The molecule has 0 spiro atoms. The maximum absolute atomic E-state index is 12.2. The molecule has 0 saturated heterocycles. The van der Waals surface area contributed by atoms with Crippen molar-refractivity contribution in [2.45, 2.75) is 10.8 Å². The Bertz CT molecular complexity index is 679. The Labute approximate surface area is 114 Å². The van der Waals surface area contributed by atoms with Crippen LogP contribution in [0.5, 0.6) is 11.5 Å². The molecule has 0 bridgehead atoms. The minimum absolute atomic E-state index is 0.0689. The first-order valence-electron chi connectivity index (χ1n) is 5.57. The molecule has 5 nitrogen and oxygen atoms in total. The Morgan fingerprint density at radius 3 is 2.79 bits per heavy atom. The number of sulfonamides is 1. The summed E-state index contributed by atoms with van der Waals surface area (Å²) in [4.78, 5) is 0. The maximum atomic E-state index is 12.2. The van der Waals surface area contributed by atoms with E-state index in [0.717, 1.165) is 16.9 Å². The van der Waals surface area contributed by atoms with Gasteiger partial charge in [0.15, 0.2) is 15.7 Å². The molecule has 1 aliphatic rings. The van der Waals surface area contributed by atoms with Crippen LogP contribution in [0.15, 0.2) is 39.9 Å². The van der Waals surface area contributed by atoms with Crippen molar-refractivity contribution in [2.75, 3.05) is 6.79 Å². The zero-order valence-electron chi connectivity index (χ0n) is 9.83. The molecule has 0 saturated carbocycles. The van der Waals surface area contributed by atoms with Crippen molar-refractivity contribution in [3.05, 3.63) is 41.3 Å². The number of hydrogen-bond donors (Lipinski definition) is 1. The number of thiophene rings is 1. The van der Waals surface area contributed by atoms with Crippen LogP contribution < -0.4 is 14.2 Å². The third-order valence-corrected chi connectivity index (χ3v) is 5.53. The molecule has 19 heavy (non-hydrogen) atoms. The van der Waals surface area contributed by atoms with Gasteiger partial charge in [-0.2, -0.15) is 0 Å². The van der Waals surface area contributed by atoms with E-state index in [1.165, 1.54) is 0 Å². The van der Waals surface area contributed by atoms with Gasteiger partial charge in [-0.1, -0.05) is 30.3 Å². The van der Waals surface area contributed by atoms with Crippen LogP contribution in [0, 0.1) is 0 Å². The number of rotatable bonds is 4. The van der Waals surface area contributed by atoms with Gasteiger partial charge in [-0.05, 0) is 5.56 Å². The fourth-order valence-corrected chi connectivity index (χ4v) is 4.10. The Morgan fingerprint density at radius 1 is 1.21 bits per heavy atom. The van der Waals surface area contributed by atoms with Gasteiger partial charge >= 0.3 is 0 Å². The molecule has 0 fully saturated rings. The van der Waals surface area contributed by atoms with Crippen LogP contribution in [-0.4, -0.2) is 15.2 Å². The zero-order chi connectivity index (χ0) is 13.3. The molecule has 0 amide bonds. The molecule has 0 atom stereocenters. The molecule has 2 heterocycles. The van der Waals surface area contributed by atoms with E-state index in [4.69, 9.17) is 9.47 Å². The molecule has 1 N–H and O–H groups in total. The summed E-state index contributed by atoms with van der Waals surface area (Å²) in [5.74, 6) is 0.802. The van der Waals surface area contributed by atoms with Gasteiger partial charge in [-0.3, -0.25) is 0 Å². The molecule has 1 aliphatic heterocycles. The smallest absolute Gasteiger partial charge is 0.254 e. The predicted octanol–water partition coefficient (Wildman–Crippen LogP) is 1.96. The quantitative estimate of drug-likeness (QED) is 0.937. The maximum Gasteiger partial charge on any atom is 0.254 e. The van der Waals surface area contributed by atoms with E-state index in [9.17, 15) is 8.42 Å². The van der Waals surface area contributed by atoms with E-state index >= 15 is 0 Å². The lowest BCUT2D eigenvalue weighted by atomic mass is 10.2. The van der Waals surface area contributed by atoms with Crippen molar-refractivity contribution >= 4 is 21.4 Å². The van der Waals surface area contributed by atoms with E-state index in [2.05, 4.69) is 4.72 Å². The molecule has 3 rings (SSSR count). The van der Waals surface area contributed by atoms with Crippen molar-refractivity contribution < 1.29 is 17.9 Å². The summed E-state index contributed by atoms with van der Waals surface area (Å²) in [5.41, 5.74) is 0.899. The highest BCUT2D eigenvalue weighted by Gasteiger charge is 2.28. The highest BCUT2D eigenvalue weighted by atomic mass is 32.2. The minimum atomic E-state index is -3.58. The molecule has 100 valence electrons. The van der Waals surface area contributed by atoms with Gasteiger partial charge in [-0.15, -0.1) is 11.3 Å². The average molecular weight is 297 g/mol. The molecule has 1 aromatic heterocycles. The van der Waals surface area contributed by atoms with Gasteiger partial charge in [0.25, 0.3) is 10.0 Å². The number of benzene rings is 1. The third-order valence-electron chi connectivity index (χ3n) is 2.65. The second-order valence-corrected chi connectivity index (χ2v) is 6.78. The molecular weight excluding hydrogens is 286 g/mol. The molecule has 0 unspecified atom stereocenters. The lowest BCUT2D eigenvalue weighted by Crippen LogP contribution is -2.22. The SMILES string of the molecule is O=S(=O)(NCc1ccccc1)c1scc2c1OCO2. The minimum Gasteiger partial charge on any atom is -0.453 e. The van der Waals surface area contributed by atoms with Crippen LogP contribution in [0.1, 0.15) is 5.56 Å². The van der Waals surface area contributed by atoms with Gasteiger partial charge in [0.1, 0.15) is 0 Å². The van der Waals surface area contributed by atoms with E-state index in [1.54, 1.807) is 5.38 Å². The van der Waals surface area contributed by atoms with E-state index in [0.29, 0.717) is 11.5 Å². The van der Waals surface area contributed by atoms with Gasteiger partial charge in [0.2, 0.25) is 6.79 Å². The Hall–Kier alpha value is -1.57. The standard InChI is InChI=1S/C12H11NO4S2/c14-19(15,13-6-9-4-2-1-3-5-9)12-11-10(7-18-12)16-8-17-11/h1-5,7,13H,6,8H2. The van der Waals surface area contributed by atoms with Crippen LogP contribution in [0.2, 0.25) is 0 Å². The average Bonchev–Trinajstić information content (AvgIpc) is 3.00. The number of fused-ring (bicyclic) bond motifs is 1. The summed E-state index contributed by atoms with van der Waals surface area (Å²) in [6.45, 7) is 0.316. The summed E-state index contributed by atoms with van der Waals surface area (Å²) in [5, 5.41) is 1.64. The molecule has 7 heteroatoms. The molecule has 0 radical (unpaired) electrons.